The molecule has 1 aliphatic heterocycles. The highest BCUT2D eigenvalue weighted by Gasteiger charge is 2.16. The Morgan fingerprint density at radius 1 is 1.40 bits per heavy atom. The van der Waals surface area contributed by atoms with Crippen LogP contribution >= 0.6 is 39.0 Å². The lowest BCUT2D eigenvalue weighted by atomic mass is 10.2. The fourth-order valence-electron chi connectivity index (χ4n) is 3.02. The normalized spacial score (nSPS) is 16.5. The van der Waals surface area contributed by atoms with Gasteiger partial charge in [0, 0.05) is 29.4 Å². The van der Waals surface area contributed by atoms with E-state index in [-0.39, 0.29) is 17.8 Å². The second kappa shape index (κ2) is 9.91. The van der Waals surface area contributed by atoms with Crippen molar-refractivity contribution in [3.05, 3.63) is 46.4 Å². The molecule has 0 radical (unpaired) electrons. The number of halogens is 1. The van der Waals surface area contributed by atoms with Gasteiger partial charge in [0.1, 0.15) is 5.75 Å². The van der Waals surface area contributed by atoms with Crippen molar-refractivity contribution in [3.8, 4) is 5.75 Å². The molecule has 1 aliphatic rings. The van der Waals surface area contributed by atoms with Crippen LogP contribution in [0.4, 0.5) is 5.69 Å². The predicted octanol–water partition coefficient (Wildman–Crippen LogP) is 4.90. The van der Waals surface area contributed by atoms with Crippen LogP contribution in [0, 0.1) is 0 Å². The van der Waals surface area contributed by atoms with Crippen LogP contribution in [0.5, 0.6) is 5.75 Å². The number of nitrogens with one attached hydrogen (secondary N) is 1. The van der Waals surface area contributed by atoms with Crippen LogP contribution in [0.3, 0.4) is 0 Å². The van der Waals surface area contributed by atoms with E-state index in [2.05, 4.69) is 31.2 Å². The molecule has 2 heterocycles. The van der Waals surface area contributed by atoms with E-state index in [9.17, 15) is 9.90 Å². The number of hydrogen-bond acceptors (Lipinski definition) is 7. The molecule has 1 atom stereocenters. The molecule has 0 aliphatic carbocycles. The summed E-state index contributed by atoms with van der Waals surface area (Å²) in [5, 5.41) is 12.9. The fourth-order valence-corrected chi connectivity index (χ4v) is 5.33. The third kappa shape index (κ3) is 5.60. The number of aromatic nitrogens is 1. The topological polar surface area (TPSA) is 83.8 Å². The summed E-state index contributed by atoms with van der Waals surface area (Å²) in [6.45, 7) is 1.37. The van der Waals surface area contributed by atoms with Crippen molar-refractivity contribution in [1.82, 2.24) is 10.3 Å². The summed E-state index contributed by atoms with van der Waals surface area (Å²) >= 11 is 6.37. The molecule has 156 valence electrons. The molecule has 6 nitrogen and oxygen atoms in total. The summed E-state index contributed by atoms with van der Waals surface area (Å²) < 4.78 is 8.25. The number of aliphatic imine (C=N–C) groups is 1. The number of thioether (sulfide) groups is 1. The van der Waals surface area contributed by atoms with Gasteiger partial charge in [0.25, 0.3) is 0 Å². The lowest BCUT2D eigenvalue weighted by molar-refractivity contribution is -0.119. The number of thiazole rings is 1. The number of amides is 1. The molecule has 1 aromatic heterocycles. The third-order valence-corrected chi connectivity index (χ3v) is 7.23. The molecular formula is C21H20BrN3O3S2. The van der Waals surface area contributed by atoms with E-state index in [1.165, 1.54) is 11.8 Å². The molecular weight excluding hydrogens is 486 g/mol. The quantitative estimate of drug-likeness (QED) is 0.352. The van der Waals surface area contributed by atoms with Gasteiger partial charge < -0.3 is 15.2 Å². The van der Waals surface area contributed by atoms with Crippen molar-refractivity contribution in [2.45, 2.75) is 23.3 Å². The number of nitrogens with zero attached hydrogens (tertiary/aromatic N) is 2. The first-order valence-electron chi connectivity index (χ1n) is 9.51. The van der Waals surface area contributed by atoms with E-state index in [0.29, 0.717) is 17.9 Å². The molecule has 0 spiro atoms. The number of carbonyl (C=O) groups excluding carboxylic acids is 1. The maximum atomic E-state index is 12.1. The monoisotopic (exact) mass is 505 g/mol. The zero-order valence-corrected chi connectivity index (χ0v) is 19.2. The van der Waals surface area contributed by atoms with Gasteiger partial charge in [-0.15, -0.1) is 11.3 Å². The summed E-state index contributed by atoms with van der Waals surface area (Å²) in [6, 6.07) is 11.0. The van der Waals surface area contributed by atoms with Gasteiger partial charge in [0.05, 0.1) is 27.8 Å². The number of fused-ring (bicyclic) bond motifs is 1. The van der Waals surface area contributed by atoms with Gasteiger partial charge in [0.2, 0.25) is 5.91 Å². The van der Waals surface area contributed by atoms with Gasteiger partial charge in [-0.05, 0) is 49.2 Å². The lowest BCUT2D eigenvalue weighted by Crippen LogP contribution is -2.32. The maximum Gasteiger partial charge on any atom is 0.230 e. The number of rotatable bonds is 7. The van der Waals surface area contributed by atoms with Crippen molar-refractivity contribution in [3.63, 3.8) is 0 Å². The summed E-state index contributed by atoms with van der Waals surface area (Å²) in [6.07, 6.45) is 3.87. The molecule has 0 bridgehead atoms. The second-order valence-corrected chi connectivity index (χ2v) is 9.99. The highest BCUT2D eigenvalue weighted by molar-refractivity contribution is 9.10. The summed E-state index contributed by atoms with van der Waals surface area (Å²) in [7, 11) is 0. The van der Waals surface area contributed by atoms with Crippen molar-refractivity contribution in [1.29, 1.82) is 0 Å². The van der Waals surface area contributed by atoms with E-state index in [1.54, 1.807) is 29.7 Å². The SMILES string of the molecule is O=C(CSc1nc2ccc(N=Cc3cc(Br)ccc3O)cc2s1)NC[C@@H]1CCCO1. The largest absolute Gasteiger partial charge is 0.507 e. The molecule has 0 unspecified atom stereocenters. The van der Waals surface area contributed by atoms with Crippen molar-refractivity contribution in [2.75, 3.05) is 18.9 Å². The summed E-state index contributed by atoms with van der Waals surface area (Å²) in [4.78, 5) is 21.1. The maximum absolute atomic E-state index is 12.1. The Hall–Kier alpha value is -1.94. The number of phenolic OH excluding ortho intramolecular Hbond substituents is 1. The van der Waals surface area contributed by atoms with Crippen molar-refractivity contribution >= 4 is 67.1 Å². The third-order valence-electron chi connectivity index (χ3n) is 4.57. The van der Waals surface area contributed by atoms with Crippen LogP contribution in [0.1, 0.15) is 18.4 Å². The van der Waals surface area contributed by atoms with Gasteiger partial charge >= 0.3 is 0 Å². The molecule has 4 rings (SSSR count). The van der Waals surface area contributed by atoms with E-state index < -0.39 is 0 Å². The molecule has 2 N–H and O–H groups in total. The summed E-state index contributed by atoms with van der Waals surface area (Å²) in [5.41, 5.74) is 2.29. The highest BCUT2D eigenvalue weighted by Crippen LogP contribution is 2.32. The van der Waals surface area contributed by atoms with Crippen LogP contribution in [-0.4, -0.2) is 47.2 Å². The van der Waals surface area contributed by atoms with Gasteiger partial charge in [-0.25, -0.2) is 4.98 Å². The highest BCUT2D eigenvalue weighted by atomic mass is 79.9. The zero-order valence-electron chi connectivity index (χ0n) is 16.0. The van der Waals surface area contributed by atoms with Crippen molar-refractivity contribution < 1.29 is 14.6 Å². The van der Waals surface area contributed by atoms with E-state index in [4.69, 9.17) is 4.74 Å². The molecule has 30 heavy (non-hydrogen) atoms. The van der Waals surface area contributed by atoms with Crippen LogP contribution in [0.2, 0.25) is 0 Å². The predicted molar refractivity (Wildman–Crippen MR) is 125 cm³/mol. The molecule has 1 fully saturated rings. The smallest absolute Gasteiger partial charge is 0.230 e. The van der Waals surface area contributed by atoms with E-state index >= 15 is 0 Å². The molecule has 0 saturated carbocycles. The van der Waals surface area contributed by atoms with Gasteiger partial charge in [-0.1, -0.05) is 27.7 Å². The first-order valence-corrected chi connectivity index (χ1v) is 12.1. The Morgan fingerprint density at radius 2 is 2.30 bits per heavy atom. The molecule has 3 aromatic rings. The van der Waals surface area contributed by atoms with E-state index in [1.807, 2.05) is 24.3 Å². The Labute approximate surface area is 190 Å². The molecule has 1 saturated heterocycles. The number of carbonyl (C=O) groups is 1. The minimum absolute atomic E-state index is 0.00567. The van der Waals surface area contributed by atoms with Crippen LogP contribution < -0.4 is 5.32 Å². The van der Waals surface area contributed by atoms with Crippen molar-refractivity contribution in [2.24, 2.45) is 4.99 Å². The Bertz CT molecular complexity index is 1080. The number of phenols is 1. The summed E-state index contributed by atoms with van der Waals surface area (Å²) in [5.74, 6) is 0.505. The lowest BCUT2D eigenvalue weighted by Gasteiger charge is -2.09. The number of ether oxygens (including phenoxy) is 1. The average Bonchev–Trinajstić information content (AvgIpc) is 3.40. The van der Waals surface area contributed by atoms with Gasteiger partial charge in [0.15, 0.2) is 4.34 Å². The minimum Gasteiger partial charge on any atom is -0.507 e. The fraction of sp³-hybridized carbons (Fsp3) is 0.286. The molecule has 9 heteroatoms. The standard InChI is InChI=1S/C21H20BrN3O3S2/c22-14-3-6-18(26)13(8-14)10-23-15-4-5-17-19(9-15)30-21(25-17)29-12-20(27)24-11-16-2-1-7-28-16/h3-6,8-10,16,26H,1-2,7,11-12H2,(H,24,27)/t16-/m0/s1. The van der Waals surface area contributed by atoms with E-state index in [0.717, 1.165) is 44.2 Å². The number of aromatic hydroxyl groups is 1. The van der Waals surface area contributed by atoms with Gasteiger partial charge in [-0.2, -0.15) is 0 Å². The Morgan fingerprint density at radius 3 is 3.13 bits per heavy atom. The second-order valence-electron chi connectivity index (χ2n) is 6.82. The first kappa shape index (κ1) is 21.3. The Kier molecular flexibility index (Phi) is 7.04. The van der Waals surface area contributed by atoms with Crippen LogP contribution in [0.15, 0.2) is 50.2 Å². The number of benzene rings is 2. The Balaban J connectivity index is 1.36. The van der Waals surface area contributed by atoms with Gasteiger partial charge in [-0.3, -0.25) is 9.79 Å². The first-order chi connectivity index (χ1) is 14.6. The van der Waals surface area contributed by atoms with Crippen LogP contribution in [-0.2, 0) is 9.53 Å². The zero-order chi connectivity index (χ0) is 20.9. The average molecular weight is 506 g/mol. The van der Waals surface area contributed by atoms with Crippen LogP contribution in [0.25, 0.3) is 10.2 Å². The molecule has 1 amide bonds. The minimum atomic E-state index is -0.00567. The molecule has 2 aromatic carbocycles. The number of hydrogen-bond donors (Lipinski definition) is 2.